The molecule has 0 aliphatic rings. The number of hydrogen-bond donors (Lipinski definition) is 1. The van der Waals surface area contributed by atoms with E-state index in [1.807, 2.05) is 43.1 Å². The van der Waals surface area contributed by atoms with Crippen molar-refractivity contribution >= 4 is 17.1 Å². The molecule has 2 aromatic rings. The molecule has 0 fully saturated rings. The van der Waals surface area contributed by atoms with E-state index in [1.165, 1.54) is 6.07 Å². The molecule has 0 aliphatic heterocycles. The summed E-state index contributed by atoms with van der Waals surface area (Å²) in [5, 5.41) is 0. The van der Waals surface area contributed by atoms with Crippen LogP contribution in [0.5, 0.6) is 0 Å². The second kappa shape index (κ2) is 4.45. The van der Waals surface area contributed by atoms with Crippen LogP contribution in [0.25, 0.3) is 0 Å². The fraction of sp³-hybridized carbons (Fsp3) is 0.143. The number of nitrogens with zero attached hydrogens (tertiary/aromatic N) is 1. The van der Waals surface area contributed by atoms with Crippen LogP contribution in [0.1, 0.15) is 5.56 Å². The van der Waals surface area contributed by atoms with Crippen molar-refractivity contribution < 1.29 is 4.39 Å². The average molecular weight is 230 g/mol. The highest BCUT2D eigenvalue weighted by Crippen LogP contribution is 2.27. The molecular formula is C14H15FN2. The largest absolute Gasteiger partial charge is 0.399 e. The van der Waals surface area contributed by atoms with Crippen molar-refractivity contribution in [2.75, 3.05) is 17.7 Å². The van der Waals surface area contributed by atoms with Gasteiger partial charge in [0.05, 0.1) is 5.69 Å². The number of rotatable bonds is 2. The van der Waals surface area contributed by atoms with Gasteiger partial charge in [-0.15, -0.1) is 0 Å². The molecule has 0 aromatic heterocycles. The minimum Gasteiger partial charge on any atom is -0.399 e. The van der Waals surface area contributed by atoms with Gasteiger partial charge in [-0.1, -0.05) is 12.1 Å². The maximum absolute atomic E-state index is 13.6. The lowest BCUT2D eigenvalue weighted by Gasteiger charge is -2.20. The Labute approximate surface area is 100 Å². The summed E-state index contributed by atoms with van der Waals surface area (Å²) in [4.78, 5) is 1.81. The van der Waals surface area contributed by atoms with Crippen LogP contribution >= 0.6 is 0 Å². The minimum atomic E-state index is -0.232. The van der Waals surface area contributed by atoms with E-state index < -0.39 is 0 Å². The SMILES string of the molecule is Cc1cc(N(C)c2ccccc2F)ccc1N. The molecule has 2 rings (SSSR count). The second-order valence-corrected chi connectivity index (χ2v) is 4.05. The zero-order valence-corrected chi connectivity index (χ0v) is 9.94. The van der Waals surface area contributed by atoms with E-state index in [4.69, 9.17) is 5.73 Å². The molecule has 0 saturated heterocycles. The highest BCUT2D eigenvalue weighted by atomic mass is 19.1. The van der Waals surface area contributed by atoms with Gasteiger partial charge in [0.1, 0.15) is 5.82 Å². The molecule has 88 valence electrons. The first kappa shape index (κ1) is 11.5. The summed E-state index contributed by atoms with van der Waals surface area (Å²) in [6.07, 6.45) is 0. The van der Waals surface area contributed by atoms with Crippen molar-refractivity contribution in [3.05, 3.63) is 53.8 Å². The molecule has 0 bridgehead atoms. The van der Waals surface area contributed by atoms with Crippen LogP contribution < -0.4 is 10.6 Å². The second-order valence-electron chi connectivity index (χ2n) is 4.05. The zero-order chi connectivity index (χ0) is 12.4. The van der Waals surface area contributed by atoms with Gasteiger partial charge in [0.15, 0.2) is 0 Å². The molecule has 17 heavy (non-hydrogen) atoms. The molecule has 3 heteroatoms. The maximum Gasteiger partial charge on any atom is 0.146 e. The molecule has 0 aliphatic carbocycles. The van der Waals surface area contributed by atoms with E-state index in [-0.39, 0.29) is 5.82 Å². The van der Waals surface area contributed by atoms with Gasteiger partial charge in [0.25, 0.3) is 0 Å². The first-order valence-corrected chi connectivity index (χ1v) is 5.44. The van der Waals surface area contributed by atoms with Gasteiger partial charge >= 0.3 is 0 Å². The quantitative estimate of drug-likeness (QED) is 0.800. The first-order valence-electron chi connectivity index (χ1n) is 5.44. The highest BCUT2D eigenvalue weighted by molar-refractivity contribution is 5.66. The molecule has 0 unspecified atom stereocenters. The van der Waals surface area contributed by atoms with E-state index in [2.05, 4.69) is 0 Å². The van der Waals surface area contributed by atoms with Gasteiger partial charge in [-0.05, 0) is 42.8 Å². The van der Waals surface area contributed by atoms with Crippen LogP contribution in [-0.4, -0.2) is 7.05 Å². The van der Waals surface area contributed by atoms with E-state index in [9.17, 15) is 4.39 Å². The van der Waals surface area contributed by atoms with E-state index in [1.54, 1.807) is 12.1 Å². The number of nitrogens with two attached hydrogens (primary N) is 1. The van der Waals surface area contributed by atoms with Gasteiger partial charge in [-0.2, -0.15) is 0 Å². The highest BCUT2D eigenvalue weighted by Gasteiger charge is 2.09. The molecule has 2 N–H and O–H groups in total. The summed E-state index contributed by atoms with van der Waals surface area (Å²) in [5.74, 6) is -0.232. The molecule has 2 aromatic carbocycles. The number of halogens is 1. The van der Waals surface area contributed by atoms with Crippen molar-refractivity contribution in [1.29, 1.82) is 0 Å². The summed E-state index contributed by atoms with van der Waals surface area (Å²) in [6, 6.07) is 12.4. The summed E-state index contributed by atoms with van der Waals surface area (Å²) >= 11 is 0. The molecule has 0 atom stereocenters. The summed E-state index contributed by atoms with van der Waals surface area (Å²) in [7, 11) is 1.84. The van der Waals surface area contributed by atoms with Gasteiger partial charge in [-0.25, -0.2) is 4.39 Å². The van der Waals surface area contributed by atoms with Gasteiger partial charge in [0.2, 0.25) is 0 Å². The Morgan fingerprint density at radius 1 is 1.12 bits per heavy atom. The van der Waals surface area contributed by atoms with Crippen molar-refractivity contribution in [2.45, 2.75) is 6.92 Å². The lowest BCUT2D eigenvalue weighted by atomic mass is 10.1. The lowest BCUT2D eigenvalue weighted by molar-refractivity contribution is 0.627. The van der Waals surface area contributed by atoms with Crippen LogP contribution in [0, 0.1) is 12.7 Å². The third kappa shape index (κ3) is 2.23. The zero-order valence-electron chi connectivity index (χ0n) is 9.94. The Morgan fingerprint density at radius 2 is 1.82 bits per heavy atom. The van der Waals surface area contributed by atoms with Crippen LogP contribution in [0.3, 0.4) is 0 Å². The van der Waals surface area contributed by atoms with Crippen molar-refractivity contribution in [3.63, 3.8) is 0 Å². The topological polar surface area (TPSA) is 29.3 Å². The number of para-hydroxylation sites is 1. The predicted molar refractivity (Wildman–Crippen MR) is 70.1 cm³/mol. The van der Waals surface area contributed by atoms with E-state index in [0.29, 0.717) is 5.69 Å². The molecule has 0 radical (unpaired) electrons. The third-order valence-corrected chi connectivity index (χ3v) is 2.85. The average Bonchev–Trinajstić information content (AvgIpc) is 2.32. The smallest absolute Gasteiger partial charge is 0.146 e. The van der Waals surface area contributed by atoms with Crippen LogP contribution in [0.4, 0.5) is 21.5 Å². The number of anilines is 3. The predicted octanol–water partition coefficient (Wildman–Crippen LogP) is 3.48. The molecule has 0 heterocycles. The molecule has 0 spiro atoms. The Kier molecular flexibility index (Phi) is 3.00. The van der Waals surface area contributed by atoms with Gasteiger partial charge < -0.3 is 10.6 Å². The normalized spacial score (nSPS) is 10.3. The van der Waals surface area contributed by atoms with E-state index in [0.717, 1.165) is 16.9 Å². The number of aryl methyl sites for hydroxylation is 1. The first-order chi connectivity index (χ1) is 8.09. The Bertz CT molecular complexity index is 537. The minimum absolute atomic E-state index is 0.232. The van der Waals surface area contributed by atoms with Crippen LogP contribution in [-0.2, 0) is 0 Å². The fourth-order valence-corrected chi connectivity index (χ4v) is 1.73. The standard InChI is InChI=1S/C14H15FN2/c1-10-9-11(7-8-13(10)16)17(2)14-6-4-3-5-12(14)15/h3-9H,16H2,1-2H3. The van der Waals surface area contributed by atoms with Crippen molar-refractivity contribution in [2.24, 2.45) is 0 Å². The number of nitrogen functional groups attached to an aromatic ring is 1. The van der Waals surface area contributed by atoms with Gasteiger partial charge in [-0.3, -0.25) is 0 Å². The fourth-order valence-electron chi connectivity index (χ4n) is 1.73. The molecule has 0 saturated carbocycles. The van der Waals surface area contributed by atoms with Crippen molar-refractivity contribution in [1.82, 2.24) is 0 Å². The van der Waals surface area contributed by atoms with Crippen LogP contribution in [0.2, 0.25) is 0 Å². The summed E-state index contributed by atoms with van der Waals surface area (Å²) in [5.41, 5.74) is 8.97. The maximum atomic E-state index is 13.6. The van der Waals surface area contributed by atoms with Gasteiger partial charge in [0, 0.05) is 18.4 Å². The molecule has 2 nitrogen and oxygen atoms in total. The molecular weight excluding hydrogens is 215 g/mol. The lowest BCUT2D eigenvalue weighted by Crippen LogP contribution is -2.11. The Hall–Kier alpha value is -2.03. The molecule has 0 amide bonds. The van der Waals surface area contributed by atoms with Crippen LogP contribution in [0.15, 0.2) is 42.5 Å². The Balaban J connectivity index is 2.40. The Morgan fingerprint density at radius 3 is 2.47 bits per heavy atom. The van der Waals surface area contributed by atoms with E-state index >= 15 is 0 Å². The van der Waals surface area contributed by atoms with Crippen molar-refractivity contribution in [3.8, 4) is 0 Å². The number of benzene rings is 2. The summed E-state index contributed by atoms with van der Waals surface area (Å²) < 4.78 is 13.6. The number of hydrogen-bond acceptors (Lipinski definition) is 2. The summed E-state index contributed by atoms with van der Waals surface area (Å²) in [6.45, 7) is 1.94. The monoisotopic (exact) mass is 230 g/mol. The third-order valence-electron chi connectivity index (χ3n) is 2.85.